The molecule has 0 saturated heterocycles. The van der Waals surface area contributed by atoms with Gasteiger partial charge in [0.2, 0.25) is 0 Å². The van der Waals surface area contributed by atoms with Gasteiger partial charge in [-0.1, -0.05) is 24.4 Å². The predicted octanol–water partition coefficient (Wildman–Crippen LogP) is 4.11. The maximum absolute atomic E-state index is 9.26. The highest BCUT2D eigenvalue weighted by atomic mass is 35.5. The molecule has 17 heavy (non-hydrogen) atoms. The van der Waals surface area contributed by atoms with Gasteiger partial charge >= 0.3 is 0 Å². The molecule has 0 N–H and O–H groups in total. The van der Waals surface area contributed by atoms with Crippen LogP contribution < -0.4 is 4.74 Å². The Morgan fingerprint density at radius 3 is 2.71 bits per heavy atom. The van der Waals surface area contributed by atoms with Crippen molar-refractivity contribution in [1.29, 1.82) is 5.26 Å². The maximum Gasteiger partial charge on any atom is 0.122 e. The molecule has 1 aliphatic carbocycles. The molecule has 0 spiro atoms. The van der Waals surface area contributed by atoms with E-state index in [0.717, 1.165) is 37.0 Å². The van der Waals surface area contributed by atoms with Crippen molar-refractivity contribution in [3.63, 3.8) is 0 Å². The Balaban J connectivity index is 2.04. The molecule has 1 saturated carbocycles. The van der Waals surface area contributed by atoms with Crippen LogP contribution in [0.25, 0.3) is 0 Å². The molecule has 1 aromatic rings. The third-order valence-corrected chi connectivity index (χ3v) is 3.67. The molecular formula is C14H16ClNO. The second-order valence-corrected chi connectivity index (χ2v) is 5.23. The van der Waals surface area contributed by atoms with Crippen LogP contribution in [0, 0.1) is 23.7 Å². The number of ether oxygens (including phenoxy) is 1. The summed E-state index contributed by atoms with van der Waals surface area (Å²) in [5.74, 6) is 0.830. The van der Waals surface area contributed by atoms with Gasteiger partial charge in [-0.25, -0.2) is 0 Å². The van der Waals surface area contributed by atoms with Crippen LogP contribution in [-0.4, -0.2) is 6.61 Å². The van der Waals surface area contributed by atoms with Gasteiger partial charge in [0.15, 0.2) is 0 Å². The lowest BCUT2D eigenvalue weighted by Gasteiger charge is -2.21. The molecule has 0 unspecified atom stereocenters. The molecule has 90 valence electrons. The summed E-state index contributed by atoms with van der Waals surface area (Å²) in [7, 11) is 0. The second kappa shape index (κ2) is 4.98. The Bertz CT molecular complexity index is 444. The van der Waals surface area contributed by atoms with Crippen LogP contribution in [0.1, 0.15) is 31.2 Å². The average molecular weight is 250 g/mol. The first-order valence-electron chi connectivity index (χ1n) is 5.95. The normalized spacial score (nSPS) is 17.7. The molecule has 0 radical (unpaired) electrons. The van der Waals surface area contributed by atoms with Crippen molar-refractivity contribution in [2.24, 2.45) is 5.41 Å². The number of aryl methyl sites for hydroxylation is 1. The van der Waals surface area contributed by atoms with Gasteiger partial charge in [0, 0.05) is 5.02 Å². The van der Waals surface area contributed by atoms with Gasteiger partial charge in [-0.05, 0) is 43.5 Å². The molecule has 3 heteroatoms. The fraction of sp³-hybridized carbons (Fsp3) is 0.500. The maximum atomic E-state index is 9.26. The van der Waals surface area contributed by atoms with Gasteiger partial charge in [-0.3, -0.25) is 0 Å². The molecule has 0 amide bonds. The summed E-state index contributed by atoms with van der Waals surface area (Å²) >= 11 is 5.89. The molecule has 2 rings (SSSR count). The summed E-state index contributed by atoms with van der Waals surface area (Å²) in [6.45, 7) is 2.46. The molecule has 1 aliphatic rings. The second-order valence-electron chi connectivity index (χ2n) is 4.80. The summed E-state index contributed by atoms with van der Waals surface area (Å²) in [5.41, 5.74) is 0.745. The van der Waals surface area contributed by atoms with Crippen molar-refractivity contribution < 1.29 is 4.74 Å². The Hall–Kier alpha value is -1.20. The smallest absolute Gasteiger partial charge is 0.122 e. The van der Waals surface area contributed by atoms with E-state index in [1.54, 1.807) is 0 Å². The van der Waals surface area contributed by atoms with E-state index >= 15 is 0 Å². The largest absolute Gasteiger partial charge is 0.492 e. The van der Waals surface area contributed by atoms with Crippen molar-refractivity contribution in [2.45, 2.75) is 32.6 Å². The first-order chi connectivity index (χ1) is 8.15. The zero-order valence-electron chi connectivity index (χ0n) is 10.0. The van der Waals surface area contributed by atoms with Crippen LogP contribution in [0.4, 0.5) is 0 Å². The Morgan fingerprint density at radius 2 is 2.12 bits per heavy atom. The molecule has 1 fully saturated rings. The highest BCUT2D eigenvalue weighted by molar-refractivity contribution is 6.30. The SMILES string of the molecule is Cc1cc(Cl)ccc1OCC1(C#N)CCCC1. The fourth-order valence-electron chi connectivity index (χ4n) is 2.33. The minimum atomic E-state index is -0.272. The van der Waals surface area contributed by atoms with Crippen molar-refractivity contribution >= 4 is 11.6 Å². The molecule has 0 bridgehead atoms. The quantitative estimate of drug-likeness (QED) is 0.808. The van der Waals surface area contributed by atoms with E-state index < -0.39 is 0 Å². The highest BCUT2D eigenvalue weighted by Gasteiger charge is 2.34. The van der Waals surface area contributed by atoms with Gasteiger partial charge in [0.1, 0.15) is 12.4 Å². The molecule has 2 nitrogen and oxygen atoms in total. The average Bonchev–Trinajstić information content (AvgIpc) is 2.77. The summed E-state index contributed by atoms with van der Waals surface area (Å²) in [6.07, 6.45) is 4.18. The zero-order chi connectivity index (χ0) is 12.3. The van der Waals surface area contributed by atoms with Crippen LogP contribution in [0.5, 0.6) is 5.75 Å². The van der Waals surface area contributed by atoms with Crippen molar-refractivity contribution in [3.8, 4) is 11.8 Å². The summed E-state index contributed by atoms with van der Waals surface area (Å²) in [4.78, 5) is 0. The van der Waals surface area contributed by atoms with Gasteiger partial charge in [0.25, 0.3) is 0 Å². The highest BCUT2D eigenvalue weighted by Crippen LogP contribution is 2.38. The lowest BCUT2D eigenvalue weighted by molar-refractivity contribution is 0.200. The van der Waals surface area contributed by atoms with Crippen LogP contribution >= 0.6 is 11.6 Å². The first kappa shape index (κ1) is 12.3. The lowest BCUT2D eigenvalue weighted by atomic mass is 9.89. The minimum Gasteiger partial charge on any atom is -0.492 e. The van der Waals surface area contributed by atoms with Gasteiger partial charge in [0.05, 0.1) is 11.5 Å². The Morgan fingerprint density at radius 1 is 1.41 bits per heavy atom. The van der Waals surface area contributed by atoms with E-state index in [1.807, 2.05) is 25.1 Å². The van der Waals surface area contributed by atoms with E-state index in [-0.39, 0.29) is 5.41 Å². The van der Waals surface area contributed by atoms with Crippen LogP contribution in [0.2, 0.25) is 5.02 Å². The summed E-state index contributed by atoms with van der Waals surface area (Å²) in [5, 5.41) is 9.97. The Labute approximate surface area is 107 Å². The monoisotopic (exact) mass is 249 g/mol. The van der Waals surface area contributed by atoms with Crippen molar-refractivity contribution in [2.75, 3.05) is 6.61 Å². The first-order valence-corrected chi connectivity index (χ1v) is 6.33. The van der Waals surface area contributed by atoms with E-state index in [1.165, 1.54) is 0 Å². The number of hydrogen-bond acceptors (Lipinski definition) is 2. The Kier molecular flexibility index (Phi) is 3.59. The number of benzene rings is 1. The van der Waals surface area contributed by atoms with Gasteiger partial charge < -0.3 is 4.74 Å². The van der Waals surface area contributed by atoms with Gasteiger partial charge in [-0.15, -0.1) is 0 Å². The number of rotatable bonds is 3. The third-order valence-electron chi connectivity index (χ3n) is 3.44. The van der Waals surface area contributed by atoms with E-state index in [9.17, 15) is 5.26 Å². The zero-order valence-corrected chi connectivity index (χ0v) is 10.8. The van der Waals surface area contributed by atoms with Crippen LogP contribution in [0.3, 0.4) is 0 Å². The van der Waals surface area contributed by atoms with Crippen LogP contribution in [-0.2, 0) is 0 Å². The molecular weight excluding hydrogens is 234 g/mol. The topological polar surface area (TPSA) is 33.0 Å². The molecule has 0 aromatic heterocycles. The molecule has 0 heterocycles. The van der Waals surface area contributed by atoms with Gasteiger partial charge in [-0.2, -0.15) is 5.26 Å². The molecule has 0 aliphatic heterocycles. The van der Waals surface area contributed by atoms with E-state index in [4.69, 9.17) is 16.3 Å². The minimum absolute atomic E-state index is 0.272. The summed E-state index contributed by atoms with van der Waals surface area (Å²) in [6, 6.07) is 8.00. The van der Waals surface area contributed by atoms with E-state index in [0.29, 0.717) is 11.6 Å². The lowest BCUT2D eigenvalue weighted by Crippen LogP contribution is -2.23. The standard InChI is InChI=1S/C14H16ClNO/c1-11-8-12(15)4-5-13(11)17-10-14(9-16)6-2-3-7-14/h4-5,8H,2-3,6-7,10H2,1H3. The summed E-state index contributed by atoms with van der Waals surface area (Å²) < 4.78 is 5.79. The predicted molar refractivity (Wildman–Crippen MR) is 68.2 cm³/mol. The fourth-order valence-corrected chi connectivity index (χ4v) is 2.56. The molecule has 0 atom stereocenters. The number of nitrogens with zero attached hydrogens (tertiary/aromatic N) is 1. The van der Waals surface area contributed by atoms with Crippen LogP contribution in [0.15, 0.2) is 18.2 Å². The number of nitriles is 1. The van der Waals surface area contributed by atoms with E-state index in [2.05, 4.69) is 6.07 Å². The van der Waals surface area contributed by atoms with Crippen molar-refractivity contribution in [3.05, 3.63) is 28.8 Å². The third kappa shape index (κ3) is 2.73. The number of hydrogen-bond donors (Lipinski definition) is 0. The molecule has 1 aromatic carbocycles. The number of halogens is 1. The van der Waals surface area contributed by atoms with Crippen molar-refractivity contribution in [1.82, 2.24) is 0 Å².